The summed E-state index contributed by atoms with van der Waals surface area (Å²) in [6.45, 7) is 4.36. The largest absolute Gasteiger partial charge is 0.478 e. The van der Waals surface area contributed by atoms with E-state index in [0.29, 0.717) is 17.9 Å². The van der Waals surface area contributed by atoms with Gasteiger partial charge in [-0.1, -0.05) is 48.0 Å². The molecular formula is C32H32ClF2NO2. The van der Waals surface area contributed by atoms with Crippen LogP contribution >= 0.6 is 11.6 Å². The zero-order valence-corrected chi connectivity index (χ0v) is 22.3. The zero-order chi connectivity index (χ0) is 26.8. The highest BCUT2D eigenvalue weighted by Gasteiger charge is 2.27. The first kappa shape index (κ1) is 26.6. The first-order valence-electron chi connectivity index (χ1n) is 13.3. The van der Waals surface area contributed by atoms with Crippen LogP contribution in [-0.2, 0) is 12.8 Å². The standard InChI is InChI=1S/C32H32ClF2NO2/c1-20-26(12-13-29(33)31(20)35)28-5-2-4-24-17-25(32(37)38)10-11-27(24)30(28)23-8-6-21(7-9-23)16-22-18-36(19-22)15-3-14-34/h6-13,17,22H,2-5,14-16,18-19H2,1H3,(H,37,38). The number of rotatable bonds is 8. The van der Waals surface area contributed by atoms with E-state index in [1.54, 1.807) is 25.1 Å². The van der Waals surface area contributed by atoms with E-state index in [2.05, 4.69) is 29.2 Å². The maximum Gasteiger partial charge on any atom is 0.335 e. The molecule has 2 aliphatic rings. The number of carboxylic acids is 1. The van der Waals surface area contributed by atoms with Gasteiger partial charge in [0.2, 0.25) is 0 Å². The number of hydrogen-bond donors (Lipinski definition) is 1. The smallest absolute Gasteiger partial charge is 0.335 e. The molecule has 3 aromatic carbocycles. The molecule has 0 unspecified atom stereocenters. The highest BCUT2D eigenvalue weighted by atomic mass is 35.5. The van der Waals surface area contributed by atoms with Crippen molar-refractivity contribution in [3.05, 3.63) is 104 Å². The Morgan fingerprint density at radius 3 is 2.50 bits per heavy atom. The number of carbonyl (C=O) groups is 1. The van der Waals surface area contributed by atoms with Gasteiger partial charge in [0.05, 0.1) is 17.3 Å². The summed E-state index contributed by atoms with van der Waals surface area (Å²) in [4.78, 5) is 14.0. The summed E-state index contributed by atoms with van der Waals surface area (Å²) >= 11 is 6.08. The minimum Gasteiger partial charge on any atom is -0.478 e. The van der Waals surface area contributed by atoms with E-state index in [1.165, 1.54) is 5.56 Å². The van der Waals surface area contributed by atoms with Crippen LogP contribution in [-0.4, -0.2) is 42.3 Å². The maximum atomic E-state index is 14.9. The van der Waals surface area contributed by atoms with E-state index in [9.17, 15) is 18.7 Å². The van der Waals surface area contributed by atoms with Gasteiger partial charge in [-0.15, -0.1) is 0 Å². The van der Waals surface area contributed by atoms with Crippen LogP contribution in [0.5, 0.6) is 0 Å². The summed E-state index contributed by atoms with van der Waals surface area (Å²) in [6.07, 6.45) is 3.91. The Hall–Kier alpha value is -3.02. The van der Waals surface area contributed by atoms with Crippen molar-refractivity contribution in [3.8, 4) is 0 Å². The number of likely N-dealkylation sites (tertiary alicyclic amines) is 1. The maximum absolute atomic E-state index is 14.9. The third kappa shape index (κ3) is 5.41. The van der Waals surface area contributed by atoms with Crippen molar-refractivity contribution in [1.29, 1.82) is 0 Å². The molecule has 0 atom stereocenters. The Balaban J connectivity index is 1.53. The van der Waals surface area contributed by atoms with Gasteiger partial charge in [0.15, 0.2) is 0 Å². The number of halogens is 3. The minimum atomic E-state index is -0.943. The van der Waals surface area contributed by atoms with E-state index in [1.807, 2.05) is 12.1 Å². The molecular weight excluding hydrogens is 504 g/mol. The number of alkyl halides is 1. The molecule has 5 rings (SSSR count). The van der Waals surface area contributed by atoms with Gasteiger partial charge < -0.3 is 10.0 Å². The minimum absolute atomic E-state index is 0.108. The van der Waals surface area contributed by atoms with Crippen molar-refractivity contribution < 1.29 is 18.7 Å². The number of nitrogens with zero attached hydrogens (tertiary/aromatic N) is 1. The molecule has 3 aromatic rings. The Kier molecular flexibility index (Phi) is 7.96. The van der Waals surface area contributed by atoms with Crippen LogP contribution in [0.15, 0.2) is 54.6 Å². The lowest BCUT2D eigenvalue weighted by Gasteiger charge is -2.39. The molecule has 1 aliphatic heterocycles. The number of aryl methyl sites for hydroxylation is 1. The number of hydrogen-bond acceptors (Lipinski definition) is 2. The lowest BCUT2D eigenvalue weighted by Crippen LogP contribution is -2.47. The van der Waals surface area contributed by atoms with Gasteiger partial charge in [-0.25, -0.2) is 9.18 Å². The Morgan fingerprint density at radius 2 is 1.79 bits per heavy atom. The lowest BCUT2D eigenvalue weighted by atomic mass is 9.85. The summed E-state index contributed by atoms with van der Waals surface area (Å²) in [7, 11) is 0. The molecule has 0 aromatic heterocycles. The SMILES string of the molecule is Cc1c(C2=C(c3ccc(CC4CN(CCCF)C4)cc3)c3ccc(C(=O)O)cc3CCC2)ccc(Cl)c1F. The second-order valence-electron chi connectivity index (χ2n) is 10.5. The van der Waals surface area contributed by atoms with Crippen LogP contribution in [0, 0.1) is 18.7 Å². The van der Waals surface area contributed by atoms with Crippen molar-refractivity contribution in [3.63, 3.8) is 0 Å². The molecule has 198 valence electrons. The molecule has 0 amide bonds. The van der Waals surface area contributed by atoms with Crippen LogP contribution in [0.25, 0.3) is 11.1 Å². The molecule has 0 radical (unpaired) electrons. The fourth-order valence-corrected chi connectivity index (χ4v) is 6.12. The van der Waals surface area contributed by atoms with Gasteiger partial charge in [0.1, 0.15) is 5.82 Å². The second-order valence-corrected chi connectivity index (χ2v) is 10.9. The van der Waals surface area contributed by atoms with Gasteiger partial charge in [-0.05, 0) is 108 Å². The van der Waals surface area contributed by atoms with E-state index in [4.69, 9.17) is 11.6 Å². The van der Waals surface area contributed by atoms with Crippen molar-refractivity contribution in [1.82, 2.24) is 4.90 Å². The van der Waals surface area contributed by atoms with Gasteiger partial charge in [0, 0.05) is 19.6 Å². The van der Waals surface area contributed by atoms with Gasteiger partial charge in [-0.2, -0.15) is 0 Å². The molecule has 1 fully saturated rings. The zero-order valence-electron chi connectivity index (χ0n) is 21.6. The van der Waals surface area contributed by atoms with E-state index >= 15 is 0 Å². The summed E-state index contributed by atoms with van der Waals surface area (Å²) in [5, 5.41) is 9.67. The number of allylic oxidation sites excluding steroid dienone is 1. The second kappa shape index (κ2) is 11.4. The number of carboxylic acid groups (broad SMARTS) is 1. The van der Waals surface area contributed by atoms with E-state index in [0.717, 1.165) is 78.7 Å². The predicted molar refractivity (Wildman–Crippen MR) is 149 cm³/mol. The third-order valence-corrected chi connectivity index (χ3v) is 8.16. The Bertz CT molecular complexity index is 1380. The summed E-state index contributed by atoms with van der Waals surface area (Å²) < 4.78 is 27.3. The number of aromatic carboxylic acids is 1. The highest BCUT2D eigenvalue weighted by molar-refractivity contribution is 6.30. The predicted octanol–water partition coefficient (Wildman–Crippen LogP) is 7.62. The average Bonchev–Trinajstić information content (AvgIpc) is 3.08. The van der Waals surface area contributed by atoms with E-state index in [-0.39, 0.29) is 17.3 Å². The highest BCUT2D eigenvalue weighted by Crippen LogP contribution is 2.42. The quantitative estimate of drug-likeness (QED) is 0.322. The van der Waals surface area contributed by atoms with Crippen LogP contribution in [0.3, 0.4) is 0 Å². The lowest BCUT2D eigenvalue weighted by molar-refractivity contribution is 0.0696. The first-order chi connectivity index (χ1) is 18.4. The third-order valence-electron chi connectivity index (χ3n) is 7.87. The fourth-order valence-electron chi connectivity index (χ4n) is 5.91. The molecule has 1 aliphatic carbocycles. The van der Waals surface area contributed by atoms with Gasteiger partial charge in [0.25, 0.3) is 0 Å². The summed E-state index contributed by atoms with van der Waals surface area (Å²) in [5.74, 6) is -0.761. The number of benzene rings is 3. The normalized spacial score (nSPS) is 16.2. The molecule has 38 heavy (non-hydrogen) atoms. The van der Waals surface area contributed by atoms with Crippen molar-refractivity contribution in [2.24, 2.45) is 5.92 Å². The molecule has 1 saturated heterocycles. The molecule has 0 bridgehead atoms. The van der Waals surface area contributed by atoms with E-state index < -0.39 is 11.8 Å². The molecule has 1 N–H and O–H groups in total. The molecule has 0 saturated carbocycles. The Labute approximate surface area is 227 Å². The monoisotopic (exact) mass is 535 g/mol. The molecule has 3 nitrogen and oxygen atoms in total. The molecule has 6 heteroatoms. The average molecular weight is 536 g/mol. The topological polar surface area (TPSA) is 40.5 Å². The van der Waals surface area contributed by atoms with Crippen molar-refractivity contribution in [2.75, 3.05) is 26.3 Å². The fraction of sp³-hybridized carbons (Fsp3) is 0.344. The van der Waals surface area contributed by atoms with Gasteiger partial charge in [-0.3, -0.25) is 4.39 Å². The molecule has 1 heterocycles. The van der Waals surface area contributed by atoms with Crippen LogP contribution in [0.1, 0.15) is 63.0 Å². The van der Waals surface area contributed by atoms with Gasteiger partial charge >= 0.3 is 5.97 Å². The Morgan fingerprint density at radius 1 is 1.05 bits per heavy atom. The first-order valence-corrected chi connectivity index (χ1v) is 13.7. The van der Waals surface area contributed by atoms with Crippen molar-refractivity contribution >= 4 is 28.7 Å². The van der Waals surface area contributed by atoms with Crippen LogP contribution < -0.4 is 0 Å². The van der Waals surface area contributed by atoms with Crippen molar-refractivity contribution in [2.45, 2.75) is 39.0 Å². The summed E-state index contributed by atoms with van der Waals surface area (Å²) in [6, 6.07) is 17.4. The van der Waals surface area contributed by atoms with Crippen LogP contribution in [0.2, 0.25) is 5.02 Å². The molecule has 0 spiro atoms. The van der Waals surface area contributed by atoms with Crippen LogP contribution in [0.4, 0.5) is 8.78 Å². The summed E-state index contributed by atoms with van der Waals surface area (Å²) in [5.41, 5.74) is 7.98. The number of fused-ring (bicyclic) bond motifs is 1.